The van der Waals surface area contributed by atoms with E-state index >= 15 is 0 Å². The molecule has 106 valence electrons. The second-order valence-electron chi connectivity index (χ2n) is 4.59. The molecule has 1 rings (SSSR count). The highest BCUT2D eigenvalue weighted by atomic mass is 19.1. The first kappa shape index (κ1) is 15.4. The Bertz CT molecular complexity index is 424. The van der Waals surface area contributed by atoms with Crippen LogP contribution in [0.1, 0.15) is 30.9 Å². The number of aliphatic hydroxyl groups excluding tert-OH is 1. The molecule has 1 aromatic rings. The zero-order valence-corrected chi connectivity index (χ0v) is 11.4. The molecule has 0 saturated heterocycles. The van der Waals surface area contributed by atoms with Gasteiger partial charge in [-0.05, 0) is 30.5 Å². The van der Waals surface area contributed by atoms with Crippen molar-refractivity contribution in [2.75, 3.05) is 6.54 Å². The highest BCUT2D eigenvalue weighted by molar-refractivity contribution is 5.73. The van der Waals surface area contributed by atoms with Gasteiger partial charge < -0.3 is 15.7 Å². The van der Waals surface area contributed by atoms with Gasteiger partial charge in [-0.3, -0.25) is 0 Å². The van der Waals surface area contributed by atoms with Crippen LogP contribution in [-0.2, 0) is 6.54 Å². The maximum Gasteiger partial charge on any atom is 0.315 e. The summed E-state index contributed by atoms with van der Waals surface area (Å²) in [4.78, 5) is 11.5. The van der Waals surface area contributed by atoms with Crippen LogP contribution >= 0.6 is 0 Å². The monoisotopic (exact) mass is 268 g/mol. The van der Waals surface area contributed by atoms with Crippen molar-refractivity contribution in [3.05, 3.63) is 35.1 Å². The van der Waals surface area contributed by atoms with Crippen molar-refractivity contribution >= 4 is 6.03 Å². The van der Waals surface area contributed by atoms with Crippen LogP contribution in [0.15, 0.2) is 18.2 Å². The molecule has 0 heterocycles. The van der Waals surface area contributed by atoms with Crippen LogP contribution in [-0.4, -0.2) is 23.8 Å². The van der Waals surface area contributed by atoms with Gasteiger partial charge in [0.15, 0.2) is 0 Å². The molecule has 0 aromatic heterocycles. The van der Waals surface area contributed by atoms with Gasteiger partial charge in [0, 0.05) is 13.1 Å². The van der Waals surface area contributed by atoms with Gasteiger partial charge in [-0.2, -0.15) is 0 Å². The molecule has 0 bridgehead atoms. The summed E-state index contributed by atoms with van der Waals surface area (Å²) in [6.45, 7) is 4.22. The van der Waals surface area contributed by atoms with Gasteiger partial charge in [-0.25, -0.2) is 9.18 Å². The number of benzene rings is 1. The normalized spacial score (nSPS) is 12.0. The Morgan fingerprint density at radius 2 is 2.16 bits per heavy atom. The van der Waals surface area contributed by atoms with Crippen LogP contribution in [0, 0.1) is 12.7 Å². The molecule has 0 aliphatic heterocycles. The van der Waals surface area contributed by atoms with E-state index in [1.54, 1.807) is 19.1 Å². The standard InChI is InChI=1S/C14H21FN2O2/c1-3-4-12(18)9-17-14(19)16-8-11-5-6-13(15)10(2)7-11/h5-7,12,18H,3-4,8-9H2,1-2H3,(H2,16,17,19). The number of amides is 2. The lowest BCUT2D eigenvalue weighted by molar-refractivity contribution is 0.160. The van der Waals surface area contributed by atoms with E-state index < -0.39 is 6.10 Å². The van der Waals surface area contributed by atoms with E-state index in [1.807, 2.05) is 6.92 Å². The molecule has 2 amide bonds. The zero-order chi connectivity index (χ0) is 14.3. The van der Waals surface area contributed by atoms with Gasteiger partial charge in [0.2, 0.25) is 0 Å². The lowest BCUT2D eigenvalue weighted by Gasteiger charge is -2.12. The van der Waals surface area contributed by atoms with E-state index in [0.717, 1.165) is 12.0 Å². The van der Waals surface area contributed by atoms with E-state index in [0.29, 0.717) is 18.5 Å². The van der Waals surface area contributed by atoms with Gasteiger partial charge in [0.25, 0.3) is 0 Å². The van der Waals surface area contributed by atoms with Crippen molar-refractivity contribution in [1.82, 2.24) is 10.6 Å². The van der Waals surface area contributed by atoms with E-state index in [1.165, 1.54) is 6.07 Å². The molecule has 1 atom stereocenters. The number of carbonyl (C=O) groups is 1. The lowest BCUT2D eigenvalue weighted by Crippen LogP contribution is -2.39. The van der Waals surface area contributed by atoms with Gasteiger partial charge in [-0.1, -0.05) is 25.5 Å². The number of carbonyl (C=O) groups excluding carboxylic acids is 1. The van der Waals surface area contributed by atoms with Gasteiger partial charge in [-0.15, -0.1) is 0 Å². The molecule has 3 N–H and O–H groups in total. The number of halogens is 1. The molecule has 0 aliphatic rings. The molecule has 1 aromatic carbocycles. The fraction of sp³-hybridized carbons (Fsp3) is 0.500. The second kappa shape index (κ2) is 7.74. The highest BCUT2D eigenvalue weighted by Crippen LogP contribution is 2.08. The minimum absolute atomic E-state index is 0.238. The second-order valence-corrected chi connectivity index (χ2v) is 4.59. The van der Waals surface area contributed by atoms with E-state index in [-0.39, 0.29) is 18.4 Å². The molecule has 0 saturated carbocycles. The molecule has 1 unspecified atom stereocenters. The number of aliphatic hydroxyl groups is 1. The summed E-state index contributed by atoms with van der Waals surface area (Å²) < 4.78 is 13.1. The average molecular weight is 268 g/mol. The van der Waals surface area contributed by atoms with E-state index in [2.05, 4.69) is 10.6 Å². The molecule has 0 aliphatic carbocycles. The third-order valence-electron chi connectivity index (χ3n) is 2.80. The fourth-order valence-corrected chi connectivity index (χ4v) is 1.71. The highest BCUT2D eigenvalue weighted by Gasteiger charge is 2.06. The first-order chi connectivity index (χ1) is 9.02. The topological polar surface area (TPSA) is 61.4 Å². The van der Waals surface area contributed by atoms with Gasteiger partial charge in [0.05, 0.1) is 6.10 Å². The van der Waals surface area contributed by atoms with Crippen LogP contribution in [0.2, 0.25) is 0 Å². The van der Waals surface area contributed by atoms with Gasteiger partial charge in [0.1, 0.15) is 5.82 Å². The molecule has 4 nitrogen and oxygen atoms in total. The predicted octanol–water partition coefficient (Wildman–Crippen LogP) is 2.09. The Morgan fingerprint density at radius 1 is 1.42 bits per heavy atom. The smallest absolute Gasteiger partial charge is 0.315 e. The van der Waals surface area contributed by atoms with Crippen molar-refractivity contribution in [2.45, 2.75) is 39.3 Å². The summed E-state index contributed by atoms with van der Waals surface area (Å²) in [5, 5.41) is 14.7. The molecule has 0 radical (unpaired) electrons. The third kappa shape index (κ3) is 5.70. The van der Waals surface area contributed by atoms with Crippen molar-refractivity contribution < 1.29 is 14.3 Å². The SMILES string of the molecule is CCCC(O)CNC(=O)NCc1ccc(F)c(C)c1. The summed E-state index contributed by atoms with van der Waals surface area (Å²) in [6, 6.07) is 4.38. The number of urea groups is 1. The number of aryl methyl sites for hydroxylation is 1. The molecular formula is C14H21FN2O2. The molecule has 19 heavy (non-hydrogen) atoms. The maximum absolute atomic E-state index is 13.1. The largest absolute Gasteiger partial charge is 0.391 e. The van der Waals surface area contributed by atoms with Crippen LogP contribution < -0.4 is 10.6 Å². The number of rotatable bonds is 6. The first-order valence-electron chi connectivity index (χ1n) is 6.47. The Morgan fingerprint density at radius 3 is 2.79 bits per heavy atom. The van der Waals surface area contributed by atoms with Crippen molar-refractivity contribution in [1.29, 1.82) is 0 Å². The minimum atomic E-state index is -0.510. The minimum Gasteiger partial charge on any atom is -0.391 e. The van der Waals surface area contributed by atoms with E-state index in [9.17, 15) is 14.3 Å². The van der Waals surface area contributed by atoms with Crippen molar-refractivity contribution in [2.24, 2.45) is 0 Å². The molecule has 5 heteroatoms. The lowest BCUT2D eigenvalue weighted by atomic mass is 10.1. The molecule has 0 fully saturated rings. The van der Waals surface area contributed by atoms with Crippen LogP contribution in [0.5, 0.6) is 0 Å². The van der Waals surface area contributed by atoms with Crippen LogP contribution in [0.4, 0.5) is 9.18 Å². The average Bonchev–Trinajstić information content (AvgIpc) is 2.38. The van der Waals surface area contributed by atoms with Crippen LogP contribution in [0.3, 0.4) is 0 Å². The molecule has 0 spiro atoms. The Hall–Kier alpha value is -1.62. The summed E-state index contributed by atoms with van der Waals surface area (Å²) in [5.41, 5.74) is 1.39. The Kier molecular flexibility index (Phi) is 6.29. The fourth-order valence-electron chi connectivity index (χ4n) is 1.71. The quantitative estimate of drug-likeness (QED) is 0.740. The number of hydrogen-bond acceptors (Lipinski definition) is 2. The molecular weight excluding hydrogens is 247 g/mol. The summed E-state index contributed by atoms with van der Waals surface area (Å²) in [7, 11) is 0. The summed E-state index contributed by atoms with van der Waals surface area (Å²) >= 11 is 0. The number of nitrogens with one attached hydrogen (secondary N) is 2. The van der Waals surface area contributed by atoms with Crippen molar-refractivity contribution in [3.63, 3.8) is 0 Å². The van der Waals surface area contributed by atoms with Gasteiger partial charge >= 0.3 is 6.03 Å². The maximum atomic E-state index is 13.1. The van der Waals surface area contributed by atoms with Crippen molar-refractivity contribution in [3.8, 4) is 0 Å². The summed E-state index contributed by atoms with van der Waals surface area (Å²) in [6.07, 6.45) is 1.03. The zero-order valence-electron chi connectivity index (χ0n) is 11.4. The Balaban J connectivity index is 2.31. The predicted molar refractivity (Wildman–Crippen MR) is 72.3 cm³/mol. The Labute approximate surface area is 113 Å². The van der Waals surface area contributed by atoms with Crippen LogP contribution in [0.25, 0.3) is 0 Å². The first-order valence-corrected chi connectivity index (χ1v) is 6.47. The number of hydrogen-bond donors (Lipinski definition) is 3. The van der Waals surface area contributed by atoms with E-state index in [4.69, 9.17) is 0 Å². The third-order valence-corrected chi connectivity index (χ3v) is 2.80. The summed E-state index contributed by atoms with van der Waals surface area (Å²) in [5.74, 6) is -0.254.